The number of carboxylic acid groups (broad SMARTS) is 1. The number of alkyl carbamates (subject to hydrolysis) is 1. The summed E-state index contributed by atoms with van der Waals surface area (Å²) < 4.78 is 10.5. The minimum atomic E-state index is -1.30. The molecule has 0 aliphatic rings. The molecule has 0 fully saturated rings. The molecule has 0 radical (unpaired) electrons. The molecule has 6 nitrogen and oxygen atoms in total. The topological polar surface area (TPSA) is 88.8 Å². The van der Waals surface area contributed by atoms with E-state index in [1.165, 1.54) is 0 Å². The van der Waals surface area contributed by atoms with E-state index >= 15 is 0 Å². The largest absolute Gasteiger partial charge is 0.479 e. The van der Waals surface area contributed by atoms with Gasteiger partial charge in [0.15, 0.2) is 6.04 Å². The van der Waals surface area contributed by atoms with Crippen LogP contribution < -0.4 is 5.32 Å². The second kappa shape index (κ2) is 5.47. The summed E-state index contributed by atoms with van der Waals surface area (Å²) in [6, 6.07) is 7.42. The van der Waals surface area contributed by atoms with E-state index in [0.29, 0.717) is 5.58 Å². The number of ether oxygens (including phenoxy) is 1. The van der Waals surface area contributed by atoms with Gasteiger partial charge in [0.2, 0.25) is 0 Å². The van der Waals surface area contributed by atoms with Gasteiger partial charge in [0.05, 0.1) is 0 Å². The third-order valence-electron chi connectivity index (χ3n) is 2.64. The fraction of sp³-hybridized carbons (Fsp3) is 0.333. The first-order valence-electron chi connectivity index (χ1n) is 6.47. The Morgan fingerprint density at radius 3 is 2.52 bits per heavy atom. The Morgan fingerprint density at radius 2 is 1.95 bits per heavy atom. The van der Waals surface area contributed by atoms with E-state index in [2.05, 4.69) is 5.32 Å². The summed E-state index contributed by atoms with van der Waals surface area (Å²) in [5, 5.41) is 12.3. The molecule has 1 atom stereocenters. The summed E-state index contributed by atoms with van der Waals surface area (Å²) in [4.78, 5) is 23.1. The molecule has 0 saturated carbocycles. The average molecular weight is 291 g/mol. The van der Waals surface area contributed by atoms with E-state index in [1.807, 2.05) is 6.07 Å². The van der Waals surface area contributed by atoms with E-state index in [0.717, 1.165) is 5.39 Å². The highest BCUT2D eigenvalue weighted by Gasteiger charge is 2.28. The average Bonchev–Trinajstić information content (AvgIpc) is 2.76. The first-order valence-corrected chi connectivity index (χ1v) is 6.47. The number of benzene rings is 1. The number of amides is 1. The lowest BCUT2D eigenvalue weighted by Crippen LogP contribution is -2.37. The third kappa shape index (κ3) is 3.75. The summed E-state index contributed by atoms with van der Waals surface area (Å²) in [6.07, 6.45) is -0.810. The molecule has 2 rings (SSSR count). The van der Waals surface area contributed by atoms with Crippen LogP contribution in [0.15, 0.2) is 34.7 Å². The minimum absolute atomic E-state index is 0.148. The van der Waals surface area contributed by atoms with E-state index in [9.17, 15) is 14.7 Å². The van der Waals surface area contributed by atoms with Crippen molar-refractivity contribution in [3.05, 3.63) is 36.1 Å². The molecule has 0 saturated heterocycles. The number of carbonyl (C=O) groups is 2. The highest BCUT2D eigenvalue weighted by Crippen LogP contribution is 2.24. The smallest absolute Gasteiger partial charge is 0.408 e. The summed E-state index contributed by atoms with van der Waals surface area (Å²) in [5.74, 6) is -1.07. The predicted octanol–water partition coefficient (Wildman–Crippen LogP) is 3.08. The molecule has 6 heteroatoms. The molecule has 1 amide bonds. The highest BCUT2D eigenvalue weighted by atomic mass is 16.6. The number of nitrogens with one attached hydrogen (secondary N) is 1. The number of para-hydroxylation sites is 1. The zero-order chi connectivity index (χ0) is 15.6. The molecule has 1 heterocycles. The number of aliphatic carboxylic acids is 1. The van der Waals surface area contributed by atoms with Gasteiger partial charge in [-0.15, -0.1) is 0 Å². The molecule has 112 valence electrons. The maximum atomic E-state index is 11.7. The van der Waals surface area contributed by atoms with Gasteiger partial charge < -0.3 is 19.6 Å². The molecule has 2 N–H and O–H groups in total. The van der Waals surface area contributed by atoms with Crippen molar-refractivity contribution in [1.82, 2.24) is 5.32 Å². The molecule has 21 heavy (non-hydrogen) atoms. The summed E-state index contributed by atoms with van der Waals surface area (Å²) in [5.41, 5.74) is -0.147. The zero-order valence-corrected chi connectivity index (χ0v) is 12.0. The number of rotatable bonds is 3. The Labute approximate surface area is 121 Å². The molecule has 0 spiro atoms. The van der Waals surface area contributed by atoms with Gasteiger partial charge in [0.25, 0.3) is 0 Å². The van der Waals surface area contributed by atoms with Gasteiger partial charge in [-0.3, -0.25) is 0 Å². The minimum Gasteiger partial charge on any atom is -0.479 e. The van der Waals surface area contributed by atoms with Crippen LogP contribution in [0.4, 0.5) is 4.79 Å². The van der Waals surface area contributed by atoms with Crippen molar-refractivity contribution in [2.24, 2.45) is 0 Å². The molecule has 0 unspecified atom stereocenters. The number of hydrogen-bond donors (Lipinski definition) is 2. The quantitative estimate of drug-likeness (QED) is 0.907. The maximum Gasteiger partial charge on any atom is 0.408 e. The molecular formula is C15H17NO5. The van der Waals surface area contributed by atoms with E-state index < -0.39 is 23.7 Å². The van der Waals surface area contributed by atoms with Crippen LogP contribution in [0.25, 0.3) is 11.0 Å². The lowest BCUT2D eigenvalue weighted by atomic mass is 10.2. The molecular weight excluding hydrogens is 274 g/mol. The lowest BCUT2D eigenvalue weighted by Gasteiger charge is -2.21. The second-order valence-corrected chi connectivity index (χ2v) is 5.60. The van der Waals surface area contributed by atoms with Crippen LogP contribution in [0.5, 0.6) is 0 Å². The Kier molecular flexibility index (Phi) is 3.88. The fourth-order valence-corrected chi connectivity index (χ4v) is 1.82. The van der Waals surface area contributed by atoms with Gasteiger partial charge in [-0.2, -0.15) is 0 Å². The van der Waals surface area contributed by atoms with Crippen molar-refractivity contribution in [3.63, 3.8) is 0 Å². The second-order valence-electron chi connectivity index (χ2n) is 5.60. The predicted molar refractivity (Wildman–Crippen MR) is 76.0 cm³/mol. The van der Waals surface area contributed by atoms with E-state index in [1.54, 1.807) is 45.0 Å². The fourth-order valence-electron chi connectivity index (χ4n) is 1.82. The lowest BCUT2D eigenvalue weighted by molar-refractivity contribution is -0.140. The Morgan fingerprint density at radius 1 is 1.29 bits per heavy atom. The summed E-state index contributed by atoms with van der Waals surface area (Å²) in [6.45, 7) is 5.09. The first-order chi connectivity index (χ1) is 9.76. The van der Waals surface area contributed by atoms with Crippen LogP contribution in [0.3, 0.4) is 0 Å². The Hall–Kier alpha value is -2.50. The Bertz CT molecular complexity index is 635. The molecule has 1 aromatic carbocycles. The Balaban J connectivity index is 2.23. The monoisotopic (exact) mass is 291 g/mol. The summed E-state index contributed by atoms with van der Waals surface area (Å²) >= 11 is 0. The van der Waals surface area contributed by atoms with Crippen molar-refractivity contribution in [1.29, 1.82) is 0 Å². The zero-order valence-electron chi connectivity index (χ0n) is 12.0. The number of furan rings is 1. The standard InChI is InChI=1S/C15H17NO5/c1-15(2,3)21-14(19)16-12(13(17)18)11-8-9-6-4-5-7-10(9)20-11/h4-8,12H,1-3H3,(H,16,19)(H,17,18)/t12-/m0/s1. The van der Waals surface area contributed by atoms with Gasteiger partial charge in [0.1, 0.15) is 16.9 Å². The van der Waals surface area contributed by atoms with Crippen LogP contribution in [0.2, 0.25) is 0 Å². The van der Waals surface area contributed by atoms with Crippen LogP contribution in [-0.2, 0) is 9.53 Å². The van der Waals surface area contributed by atoms with Crippen LogP contribution in [-0.4, -0.2) is 22.8 Å². The van der Waals surface area contributed by atoms with Crippen molar-refractivity contribution in [3.8, 4) is 0 Å². The number of carbonyl (C=O) groups excluding carboxylic acids is 1. The van der Waals surface area contributed by atoms with Gasteiger partial charge >= 0.3 is 12.1 Å². The van der Waals surface area contributed by atoms with E-state index in [-0.39, 0.29) is 5.76 Å². The van der Waals surface area contributed by atoms with Crippen molar-refractivity contribution in [2.45, 2.75) is 32.4 Å². The van der Waals surface area contributed by atoms with Crippen LogP contribution >= 0.6 is 0 Å². The normalized spacial score (nSPS) is 12.9. The third-order valence-corrected chi connectivity index (χ3v) is 2.64. The van der Waals surface area contributed by atoms with Gasteiger partial charge in [-0.05, 0) is 32.9 Å². The highest BCUT2D eigenvalue weighted by molar-refractivity contribution is 5.84. The van der Waals surface area contributed by atoms with Crippen LogP contribution in [0.1, 0.15) is 32.6 Å². The SMILES string of the molecule is CC(C)(C)OC(=O)N[C@H](C(=O)O)c1cc2ccccc2o1. The van der Waals surface area contributed by atoms with E-state index in [4.69, 9.17) is 9.15 Å². The van der Waals surface area contributed by atoms with Crippen molar-refractivity contribution in [2.75, 3.05) is 0 Å². The number of hydrogen-bond acceptors (Lipinski definition) is 4. The molecule has 2 aromatic rings. The number of fused-ring (bicyclic) bond motifs is 1. The first kappa shape index (κ1) is 14.9. The molecule has 0 bridgehead atoms. The maximum absolute atomic E-state index is 11.7. The van der Waals surface area contributed by atoms with Gasteiger partial charge in [-0.1, -0.05) is 18.2 Å². The number of carboxylic acids is 1. The van der Waals surface area contributed by atoms with Gasteiger partial charge in [0, 0.05) is 5.39 Å². The van der Waals surface area contributed by atoms with Crippen molar-refractivity contribution >= 4 is 23.0 Å². The molecule has 1 aromatic heterocycles. The van der Waals surface area contributed by atoms with Crippen LogP contribution in [0, 0.1) is 0 Å². The molecule has 0 aliphatic heterocycles. The van der Waals surface area contributed by atoms with Gasteiger partial charge in [-0.25, -0.2) is 9.59 Å². The van der Waals surface area contributed by atoms with Crippen molar-refractivity contribution < 1.29 is 23.8 Å². The molecule has 0 aliphatic carbocycles. The summed E-state index contributed by atoms with van der Waals surface area (Å²) in [7, 11) is 0.